The van der Waals surface area contributed by atoms with Crippen molar-refractivity contribution in [3.8, 4) is 11.1 Å². The Morgan fingerprint density at radius 3 is 2.00 bits per heavy atom. The van der Waals surface area contributed by atoms with Crippen molar-refractivity contribution in [2.45, 2.75) is 19.4 Å². The quantitative estimate of drug-likeness (QED) is 0.882. The van der Waals surface area contributed by atoms with Crippen molar-refractivity contribution < 1.29 is 9.90 Å². The van der Waals surface area contributed by atoms with Gasteiger partial charge in [-0.1, -0.05) is 54.1 Å². The molecule has 2 aromatic carbocycles. The number of carboxylic acid groups (broad SMARTS) is 1. The molecule has 0 spiro atoms. The highest BCUT2D eigenvalue weighted by atomic mass is 16.4. The van der Waals surface area contributed by atoms with E-state index in [2.05, 4.69) is 31.2 Å². The summed E-state index contributed by atoms with van der Waals surface area (Å²) in [6.07, 6.45) is 0.351. The Bertz CT molecular complexity index is 558. The van der Waals surface area contributed by atoms with Gasteiger partial charge in [0.15, 0.2) is 0 Å². The number of aliphatic carboxylic acids is 1. The summed E-state index contributed by atoms with van der Waals surface area (Å²) in [7, 11) is 0. The molecule has 1 unspecified atom stereocenters. The van der Waals surface area contributed by atoms with Gasteiger partial charge in [-0.3, -0.25) is 4.79 Å². The van der Waals surface area contributed by atoms with Crippen LogP contribution in [-0.4, -0.2) is 17.1 Å². The highest BCUT2D eigenvalue weighted by molar-refractivity contribution is 5.73. The first-order valence-corrected chi connectivity index (χ1v) is 6.20. The molecule has 3 nitrogen and oxygen atoms in total. The lowest BCUT2D eigenvalue weighted by Crippen LogP contribution is -2.32. The second kappa shape index (κ2) is 5.67. The van der Waals surface area contributed by atoms with Crippen LogP contribution in [-0.2, 0) is 11.2 Å². The number of hydrogen-bond acceptors (Lipinski definition) is 2. The Hall–Kier alpha value is -2.13. The van der Waals surface area contributed by atoms with Crippen LogP contribution in [0.15, 0.2) is 48.5 Å². The summed E-state index contributed by atoms with van der Waals surface area (Å²) in [5.41, 5.74) is 9.95. The van der Waals surface area contributed by atoms with Gasteiger partial charge in [-0.25, -0.2) is 0 Å². The van der Waals surface area contributed by atoms with Gasteiger partial charge in [-0.2, -0.15) is 0 Å². The molecule has 2 rings (SSSR count). The Morgan fingerprint density at radius 1 is 1.05 bits per heavy atom. The molecule has 1 atom stereocenters. The summed E-state index contributed by atoms with van der Waals surface area (Å²) in [5.74, 6) is -0.970. The first-order valence-electron chi connectivity index (χ1n) is 6.20. The minimum Gasteiger partial charge on any atom is -0.480 e. The minimum atomic E-state index is -0.970. The molecule has 98 valence electrons. The molecule has 0 heterocycles. The lowest BCUT2D eigenvalue weighted by atomic mass is 10.0. The van der Waals surface area contributed by atoms with Crippen molar-refractivity contribution >= 4 is 5.97 Å². The molecule has 0 saturated heterocycles. The molecule has 0 aliphatic rings. The van der Waals surface area contributed by atoms with E-state index in [1.807, 2.05) is 24.3 Å². The Balaban J connectivity index is 2.14. The van der Waals surface area contributed by atoms with E-state index in [0.717, 1.165) is 16.7 Å². The van der Waals surface area contributed by atoms with Gasteiger partial charge in [-0.15, -0.1) is 0 Å². The van der Waals surface area contributed by atoms with E-state index in [-0.39, 0.29) is 0 Å². The lowest BCUT2D eigenvalue weighted by molar-refractivity contribution is -0.138. The van der Waals surface area contributed by atoms with E-state index >= 15 is 0 Å². The average molecular weight is 255 g/mol. The number of carbonyl (C=O) groups is 1. The predicted molar refractivity (Wildman–Crippen MR) is 75.9 cm³/mol. The van der Waals surface area contributed by atoms with E-state index in [0.29, 0.717) is 6.42 Å². The van der Waals surface area contributed by atoms with Crippen LogP contribution < -0.4 is 5.73 Å². The normalized spacial score (nSPS) is 12.1. The average Bonchev–Trinajstić information content (AvgIpc) is 2.40. The Labute approximate surface area is 112 Å². The van der Waals surface area contributed by atoms with E-state index in [1.165, 1.54) is 5.56 Å². The topological polar surface area (TPSA) is 63.3 Å². The molecule has 2 aromatic rings. The maximum absolute atomic E-state index is 10.7. The zero-order valence-electron chi connectivity index (χ0n) is 10.8. The van der Waals surface area contributed by atoms with E-state index in [9.17, 15) is 4.79 Å². The zero-order valence-corrected chi connectivity index (χ0v) is 10.8. The molecule has 0 saturated carbocycles. The predicted octanol–water partition coefficient (Wildman–Crippen LogP) is 2.62. The molecule has 3 heteroatoms. The van der Waals surface area contributed by atoms with Gasteiger partial charge >= 0.3 is 5.97 Å². The van der Waals surface area contributed by atoms with Crippen LogP contribution in [0.2, 0.25) is 0 Å². The van der Waals surface area contributed by atoms with Crippen LogP contribution in [0.5, 0.6) is 0 Å². The minimum absolute atomic E-state index is 0.351. The third-order valence-corrected chi connectivity index (χ3v) is 3.11. The molecule has 19 heavy (non-hydrogen) atoms. The lowest BCUT2D eigenvalue weighted by Gasteiger charge is -2.08. The van der Waals surface area contributed by atoms with Crippen molar-refractivity contribution in [1.82, 2.24) is 0 Å². The van der Waals surface area contributed by atoms with E-state index in [4.69, 9.17) is 10.8 Å². The largest absolute Gasteiger partial charge is 0.480 e. The molecular weight excluding hydrogens is 238 g/mol. The van der Waals surface area contributed by atoms with Gasteiger partial charge in [0.1, 0.15) is 6.04 Å². The number of carboxylic acids is 1. The fourth-order valence-electron chi connectivity index (χ4n) is 1.92. The van der Waals surface area contributed by atoms with Gasteiger partial charge in [-0.05, 0) is 30.0 Å². The van der Waals surface area contributed by atoms with Crippen LogP contribution in [0.25, 0.3) is 11.1 Å². The third kappa shape index (κ3) is 3.42. The molecule has 0 aliphatic heterocycles. The van der Waals surface area contributed by atoms with Crippen LogP contribution in [0.3, 0.4) is 0 Å². The van der Waals surface area contributed by atoms with Crippen LogP contribution in [0, 0.1) is 6.92 Å². The highest BCUT2D eigenvalue weighted by Crippen LogP contribution is 2.20. The molecule has 0 bridgehead atoms. The molecule has 0 fully saturated rings. The van der Waals surface area contributed by atoms with Crippen molar-refractivity contribution in [2.75, 3.05) is 0 Å². The summed E-state index contributed by atoms with van der Waals surface area (Å²) in [6.45, 7) is 2.06. The van der Waals surface area contributed by atoms with E-state index < -0.39 is 12.0 Å². The highest BCUT2D eigenvalue weighted by Gasteiger charge is 2.11. The van der Waals surface area contributed by atoms with Gasteiger partial charge in [0.25, 0.3) is 0 Å². The molecule has 0 aliphatic carbocycles. The fourth-order valence-corrected chi connectivity index (χ4v) is 1.92. The number of nitrogens with two attached hydrogens (primary N) is 1. The molecule has 0 radical (unpaired) electrons. The number of hydrogen-bond donors (Lipinski definition) is 2. The van der Waals surface area contributed by atoms with Crippen molar-refractivity contribution in [3.05, 3.63) is 59.7 Å². The first-order chi connectivity index (χ1) is 9.06. The Kier molecular flexibility index (Phi) is 3.97. The summed E-state index contributed by atoms with van der Waals surface area (Å²) >= 11 is 0. The number of benzene rings is 2. The summed E-state index contributed by atoms with van der Waals surface area (Å²) in [6, 6.07) is 15.3. The van der Waals surface area contributed by atoms with Gasteiger partial charge in [0.2, 0.25) is 0 Å². The van der Waals surface area contributed by atoms with Crippen LogP contribution >= 0.6 is 0 Å². The SMILES string of the molecule is Cc1ccc(-c2ccc(CC(N)C(=O)O)cc2)cc1. The zero-order chi connectivity index (χ0) is 13.8. The first kappa shape index (κ1) is 13.3. The van der Waals surface area contributed by atoms with Crippen LogP contribution in [0.4, 0.5) is 0 Å². The third-order valence-electron chi connectivity index (χ3n) is 3.11. The smallest absolute Gasteiger partial charge is 0.320 e. The maximum atomic E-state index is 10.7. The standard InChI is InChI=1S/C16H17NO2/c1-11-2-6-13(7-3-11)14-8-4-12(5-9-14)10-15(17)16(18)19/h2-9,15H,10,17H2,1H3,(H,18,19). The summed E-state index contributed by atoms with van der Waals surface area (Å²) in [4.78, 5) is 10.7. The summed E-state index contributed by atoms with van der Waals surface area (Å²) in [5, 5.41) is 8.78. The molecular formula is C16H17NO2. The van der Waals surface area contributed by atoms with Gasteiger partial charge in [0.05, 0.1) is 0 Å². The molecule has 3 N–H and O–H groups in total. The second-order valence-corrected chi connectivity index (χ2v) is 4.71. The van der Waals surface area contributed by atoms with Crippen molar-refractivity contribution in [1.29, 1.82) is 0 Å². The maximum Gasteiger partial charge on any atom is 0.320 e. The number of aryl methyl sites for hydroxylation is 1. The van der Waals surface area contributed by atoms with E-state index in [1.54, 1.807) is 0 Å². The van der Waals surface area contributed by atoms with Crippen molar-refractivity contribution in [2.24, 2.45) is 5.73 Å². The fraction of sp³-hybridized carbons (Fsp3) is 0.188. The second-order valence-electron chi connectivity index (χ2n) is 4.71. The monoisotopic (exact) mass is 255 g/mol. The molecule has 0 amide bonds. The van der Waals surface area contributed by atoms with Crippen LogP contribution in [0.1, 0.15) is 11.1 Å². The van der Waals surface area contributed by atoms with Gasteiger partial charge < -0.3 is 10.8 Å². The van der Waals surface area contributed by atoms with Gasteiger partial charge in [0, 0.05) is 0 Å². The van der Waals surface area contributed by atoms with Crippen molar-refractivity contribution in [3.63, 3.8) is 0 Å². The Morgan fingerprint density at radius 2 is 1.53 bits per heavy atom. The summed E-state index contributed by atoms with van der Waals surface area (Å²) < 4.78 is 0. The number of rotatable bonds is 4. The molecule has 0 aromatic heterocycles.